The average Bonchev–Trinajstić information content (AvgIpc) is 2.92. The molecule has 3 rings (SSSR count). The number of halogens is 1. The summed E-state index contributed by atoms with van der Waals surface area (Å²) in [6, 6.07) is 18.4. The van der Waals surface area contributed by atoms with Crippen LogP contribution < -0.4 is 21.9 Å². The highest BCUT2D eigenvalue weighted by Crippen LogP contribution is 2.21. The van der Waals surface area contributed by atoms with Crippen LogP contribution in [0, 0.1) is 0 Å². The van der Waals surface area contributed by atoms with Crippen molar-refractivity contribution in [2.75, 3.05) is 26.0 Å². The quantitative estimate of drug-likeness (QED) is 0.553. The van der Waals surface area contributed by atoms with Gasteiger partial charge in [0.05, 0.1) is 5.69 Å². The van der Waals surface area contributed by atoms with Crippen LogP contribution in [0.2, 0.25) is 0 Å². The largest absolute Gasteiger partial charge is 1.00 e. The summed E-state index contributed by atoms with van der Waals surface area (Å²) < 4.78 is 0.265. The average molecular weight is 401 g/mol. The van der Waals surface area contributed by atoms with E-state index < -0.39 is 0 Å². The Morgan fingerprint density at radius 3 is 2.24 bits per heavy atom. The third-order valence-corrected chi connectivity index (χ3v) is 3.81. The van der Waals surface area contributed by atoms with Gasteiger partial charge in [0, 0.05) is 19.3 Å². The Kier molecular flexibility index (Phi) is 6.17. The molecule has 0 unspecified atom stereocenters. The molecule has 1 heterocycles. The highest BCUT2D eigenvalue weighted by Gasteiger charge is 2.27. The third kappa shape index (κ3) is 4.80. The first-order valence-corrected chi connectivity index (χ1v) is 7.78. The number of azo groups is 1. The molecule has 6 nitrogen and oxygen atoms in total. The fourth-order valence-corrected chi connectivity index (χ4v) is 2.36. The minimum atomic E-state index is 0. The highest BCUT2D eigenvalue weighted by molar-refractivity contribution is 5.85. The molecule has 0 saturated carbocycles. The van der Waals surface area contributed by atoms with Gasteiger partial charge in [0.25, 0.3) is 0 Å². The van der Waals surface area contributed by atoms with Crippen LogP contribution in [0.3, 0.4) is 0 Å². The van der Waals surface area contributed by atoms with Crippen LogP contribution in [0.4, 0.5) is 11.4 Å². The molecule has 2 aromatic rings. The first-order valence-electron chi connectivity index (χ1n) is 7.78. The van der Waals surface area contributed by atoms with Crippen molar-refractivity contribution in [3.63, 3.8) is 0 Å². The molecule has 0 atom stereocenters. The second kappa shape index (κ2) is 8.13. The van der Waals surface area contributed by atoms with Gasteiger partial charge in [0.15, 0.2) is 6.34 Å². The van der Waals surface area contributed by atoms with Crippen molar-refractivity contribution in [3.05, 3.63) is 60.2 Å². The predicted octanol–water partition coefficient (Wildman–Crippen LogP) is 0.800. The van der Waals surface area contributed by atoms with Gasteiger partial charge in [0.1, 0.15) is 14.1 Å². The fourth-order valence-electron chi connectivity index (χ4n) is 2.36. The number of anilines is 1. The Balaban J connectivity index is 0.00000225. The number of hydrogen-bond donors (Lipinski definition) is 0. The molecule has 0 aromatic heterocycles. The van der Waals surface area contributed by atoms with E-state index >= 15 is 0 Å². The van der Waals surface area contributed by atoms with E-state index in [1.165, 1.54) is 11.9 Å². The number of quaternary nitrogens is 1. The predicted molar refractivity (Wildman–Crippen MR) is 97.5 cm³/mol. The summed E-state index contributed by atoms with van der Waals surface area (Å²) in [7, 11) is 5.89. The first kappa shape index (κ1) is 19.0. The number of rotatable bonds is 4. The Hall–Kier alpha value is -2.38. The number of aliphatic imine (C=N–C) groups is 1. The summed E-state index contributed by atoms with van der Waals surface area (Å²) in [6.07, 6.45) is 1.51. The zero-order chi connectivity index (χ0) is 17.0. The number of guanidine groups is 1. The zero-order valence-corrected chi connectivity index (χ0v) is 16.1. The van der Waals surface area contributed by atoms with Crippen LogP contribution in [-0.2, 0) is 6.54 Å². The van der Waals surface area contributed by atoms with E-state index in [-0.39, 0.29) is 21.6 Å². The van der Waals surface area contributed by atoms with Crippen molar-refractivity contribution in [1.29, 1.82) is 0 Å². The standard InChI is InChI=1S/C18H21N6.BrH/c1-23(13-15-7-5-4-6-8-15)17-11-9-16(10-12-17)21-22-18-19-14-20-24(18,2)3;/h4-12,14H,13H2,1-3H3;1H/q+1;/p-1. The molecular formula is C18H21BrN6. The molecule has 0 spiro atoms. The van der Waals surface area contributed by atoms with E-state index in [4.69, 9.17) is 0 Å². The topological polar surface area (TPSA) is 52.7 Å². The third-order valence-electron chi connectivity index (χ3n) is 3.81. The van der Waals surface area contributed by atoms with E-state index in [9.17, 15) is 0 Å². The Labute approximate surface area is 158 Å². The molecule has 0 aliphatic carbocycles. The van der Waals surface area contributed by atoms with Gasteiger partial charge in [-0.05, 0) is 29.8 Å². The molecule has 0 saturated heterocycles. The van der Waals surface area contributed by atoms with Crippen LogP contribution in [0.5, 0.6) is 0 Å². The smallest absolute Gasteiger partial charge is 0.376 e. The summed E-state index contributed by atoms with van der Waals surface area (Å²) in [5.41, 5.74) is 3.21. The van der Waals surface area contributed by atoms with Crippen LogP contribution in [0.1, 0.15) is 5.56 Å². The molecule has 7 heteroatoms. The minimum absolute atomic E-state index is 0. The Morgan fingerprint density at radius 1 is 0.960 bits per heavy atom. The molecule has 1 aliphatic heterocycles. The number of nitrogens with zero attached hydrogens (tertiary/aromatic N) is 6. The lowest BCUT2D eigenvalue weighted by Gasteiger charge is -2.19. The second-order valence-electron chi connectivity index (χ2n) is 6.11. The molecule has 25 heavy (non-hydrogen) atoms. The maximum absolute atomic E-state index is 4.25. The lowest BCUT2D eigenvalue weighted by Crippen LogP contribution is -3.00. The molecule has 0 fully saturated rings. The van der Waals surface area contributed by atoms with Crippen LogP contribution in [0.15, 0.2) is 74.9 Å². The molecule has 0 radical (unpaired) electrons. The van der Waals surface area contributed by atoms with Crippen molar-refractivity contribution in [2.45, 2.75) is 6.54 Å². The lowest BCUT2D eigenvalue weighted by atomic mass is 10.2. The number of benzene rings is 2. The van der Waals surface area contributed by atoms with E-state index in [0.29, 0.717) is 5.96 Å². The summed E-state index contributed by atoms with van der Waals surface area (Å²) >= 11 is 0. The summed E-state index contributed by atoms with van der Waals surface area (Å²) in [6.45, 7) is 0.863. The van der Waals surface area contributed by atoms with E-state index in [1.807, 2.05) is 44.4 Å². The normalized spacial score (nSPS) is 15.1. The maximum Gasteiger partial charge on any atom is 0.376 e. The molecule has 0 N–H and O–H groups in total. The van der Waals surface area contributed by atoms with Gasteiger partial charge >= 0.3 is 5.96 Å². The molecule has 0 amide bonds. The summed E-state index contributed by atoms with van der Waals surface area (Å²) in [5.74, 6) is 0.570. The fraction of sp³-hybridized carbons (Fsp3) is 0.222. The van der Waals surface area contributed by atoms with Gasteiger partial charge in [-0.1, -0.05) is 40.5 Å². The van der Waals surface area contributed by atoms with Crippen molar-refractivity contribution in [3.8, 4) is 0 Å². The monoisotopic (exact) mass is 400 g/mol. The first-order chi connectivity index (χ1) is 11.5. The van der Waals surface area contributed by atoms with Crippen LogP contribution in [-0.4, -0.2) is 38.0 Å². The molecular weight excluding hydrogens is 380 g/mol. The lowest BCUT2D eigenvalue weighted by molar-refractivity contribution is -0.804. The molecule has 130 valence electrons. The minimum Gasteiger partial charge on any atom is -1.00 e. The summed E-state index contributed by atoms with van der Waals surface area (Å²) in [5, 5.41) is 12.6. The van der Waals surface area contributed by atoms with Gasteiger partial charge in [-0.25, -0.2) is 0 Å². The Morgan fingerprint density at radius 2 is 1.64 bits per heavy atom. The van der Waals surface area contributed by atoms with Gasteiger partial charge in [-0.3, -0.25) is 0 Å². The van der Waals surface area contributed by atoms with Gasteiger partial charge in [0.2, 0.25) is 0 Å². The SMILES string of the molecule is CN(Cc1ccccc1)c1ccc(N=NC2=NC=N[N+]2(C)C)cc1.[Br-]. The van der Waals surface area contributed by atoms with Crippen LogP contribution >= 0.6 is 0 Å². The number of hydrogen-bond acceptors (Lipinski definition) is 5. The Bertz CT molecular complexity index is 781. The van der Waals surface area contributed by atoms with Gasteiger partial charge in [-0.15, -0.1) is 9.71 Å². The van der Waals surface area contributed by atoms with Gasteiger partial charge < -0.3 is 21.9 Å². The van der Waals surface area contributed by atoms with Gasteiger partial charge in [-0.2, -0.15) is 4.99 Å². The maximum atomic E-state index is 4.25. The van der Waals surface area contributed by atoms with E-state index in [2.05, 4.69) is 56.5 Å². The van der Waals surface area contributed by atoms with E-state index in [1.54, 1.807) is 0 Å². The molecule has 0 bridgehead atoms. The molecule has 2 aromatic carbocycles. The van der Waals surface area contributed by atoms with E-state index in [0.717, 1.165) is 17.9 Å². The van der Waals surface area contributed by atoms with Crippen molar-refractivity contribution in [2.24, 2.45) is 20.3 Å². The highest BCUT2D eigenvalue weighted by atomic mass is 79.9. The molecule has 1 aliphatic rings. The second-order valence-corrected chi connectivity index (χ2v) is 6.11. The van der Waals surface area contributed by atoms with Crippen molar-refractivity contribution >= 4 is 23.7 Å². The van der Waals surface area contributed by atoms with Crippen molar-refractivity contribution in [1.82, 2.24) is 0 Å². The van der Waals surface area contributed by atoms with Crippen molar-refractivity contribution < 1.29 is 21.6 Å². The van der Waals surface area contributed by atoms with Crippen LogP contribution in [0.25, 0.3) is 0 Å². The summed E-state index contributed by atoms with van der Waals surface area (Å²) in [4.78, 5) is 6.32. The zero-order valence-electron chi connectivity index (χ0n) is 14.5.